The summed E-state index contributed by atoms with van der Waals surface area (Å²) in [6.07, 6.45) is 0. The molecule has 19 heavy (non-hydrogen) atoms. The maximum Gasteiger partial charge on any atom is 0.133 e. The van der Waals surface area contributed by atoms with E-state index in [1.165, 1.54) is 16.7 Å². The molecule has 0 amide bonds. The molecule has 1 heteroatoms. The lowest BCUT2D eigenvalue weighted by Crippen LogP contribution is -2.12. The first-order chi connectivity index (χ1) is 8.88. The second-order valence-electron chi connectivity index (χ2n) is 6.10. The van der Waals surface area contributed by atoms with E-state index in [0.717, 1.165) is 11.5 Å². The normalized spacial score (nSPS) is 11.4. The van der Waals surface area contributed by atoms with Crippen LogP contribution in [0.3, 0.4) is 0 Å². The van der Waals surface area contributed by atoms with Gasteiger partial charge in [-0.1, -0.05) is 51.1 Å². The van der Waals surface area contributed by atoms with Crippen LogP contribution in [0.1, 0.15) is 37.5 Å². The average Bonchev–Trinajstić information content (AvgIpc) is 2.33. The highest BCUT2D eigenvalue weighted by atomic mass is 16.5. The molecule has 0 aliphatic rings. The molecule has 2 rings (SSSR count). The van der Waals surface area contributed by atoms with Crippen molar-refractivity contribution in [3.63, 3.8) is 0 Å². The van der Waals surface area contributed by atoms with Gasteiger partial charge in [0.25, 0.3) is 0 Å². The SMILES string of the molecule is Cc1cc(C(C)(C)C)cc(C)c1Oc1ccccc1. The third-order valence-corrected chi connectivity index (χ3v) is 3.29. The molecule has 0 aromatic heterocycles. The lowest BCUT2D eigenvalue weighted by molar-refractivity contribution is 0.473. The van der Waals surface area contributed by atoms with E-state index in [1.54, 1.807) is 0 Å². The molecule has 0 radical (unpaired) electrons. The Kier molecular flexibility index (Phi) is 3.66. The lowest BCUT2D eigenvalue weighted by atomic mass is 9.85. The Balaban J connectivity index is 2.38. The third-order valence-electron chi connectivity index (χ3n) is 3.29. The first-order valence-corrected chi connectivity index (χ1v) is 6.72. The number of hydrogen-bond donors (Lipinski definition) is 0. The van der Waals surface area contributed by atoms with Gasteiger partial charge in [-0.3, -0.25) is 0 Å². The molecule has 0 saturated heterocycles. The molecule has 0 saturated carbocycles. The van der Waals surface area contributed by atoms with Gasteiger partial charge in [-0.2, -0.15) is 0 Å². The first-order valence-electron chi connectivity index (χ1n) is 6.72. The van der Waals surface area contributed by atoms with Crippen molar-refractivity contribution in [2.75, 3.05) is 0 Å². The number of hydrogen-bond acceptors (Lipinski definition) is 1. The Bertz CT molecular complexity index is 539. The molecular weight excluding hydrogens is 232 g/mol. The summed E-state index contributed by atoms with van der Waals surface area (Å²) in [5.74, 6) is 1.86. The van der Waals surface area contributed by atoms with Gasteiger partial charge in [0.1, 0.15) is 11.5 Å². The van der Waals surface area contributed by atoms with Crippen molar-refractivity contribution >= 4 is 0 Å². The quantitative estimate of drug-likeness (QED) is 0.697. The summed E-state index contributed by atoms with van der Waals surface area (Å²) in [4.78, 5) is 0. The van der Waals surface area contributed by atoms with Crippen molar-refractivity contribution in [2.45, 2.75) is 40.0 Å². The maximum atomic E-state index is 6.01. The molecule has 0 bridgehead atoms. The van der Waals surface area contributed by atoms with Gasteiger partial charge in [0.2, 0.25) is 0 Å². The molecule has 1 nitrogen and oxygen atoms in total. The van der Waals surface area contributed by atoms with Gasteiger partial charge in [0, 0.05) is 0 Å². The predicted molar refractivity (Wildman–Crippen MR) is 81.1 cm³/mol. The van der Waals surface area contributed by atoms with Crippen molar-refractivity contribution in [1.29, 1.82) is 0 Å². The Labute approximate surface area is 116 Å². The minimum Gasteiger partial charge on any atom is -0.457 e. The summed E-state index contributed by atoms with van der Waals surface area (Å²) in [5, 5.41) is 0. The fourth-order valence-electron chi connectivity index (χ4n) is 2.15. The number of aryl methyl sites for hydroxylation is 2. The van der Waals surface area contributed by atoms with Gasteiger partial charge in [-0.15, -0.1) is 0 Å². The molecule has 100 valence electrons. The molecule has 0 heterocycles. The summed E-state index contributed by atoms with van der Waals surface area (Å²) >= 11 is 0. The van der Waals surface area contributed by atoms with Crippen LogP contribution in [-0.4, -0.2) is 0 Å². The number of benzene rings is 2. The fourth-order valence-corrected chi connectivity index (χ4v) is 2.15. The van der Waals surface area contributed by atoms with Gasteiger partial charge in [-0.25, -0.2) is 0 Å². The summed E-state index contributed by atoms with van der Waals surface area (Å²) in [6.45, 7) is 10.9. The standard InChI is InChI=1S/C18H22O/c1-13-11-15(18(3,4)5)12-14(2)17(13)19-16-9-7-6-8-10-16/h6-12H,1-5H3. The second kappa shape index (κ2) is 5.08. The molecule has 0 N–H and O–H groups in total. The Hall–Kier alpha value is -1.76. The van der Waals surface area contributed by atoms with Crippen molar-refractivity contribution < 1.29 is 4.74 Å². The van der Waals surface area contributed by atoms with Crippen molar-refractivity contribution in [2.24, 2.45) is 0 Å². The Morgan fingerprint density at radius 2 is 1.37 bits per heavy atom. The van der Waals surface area contributed by atoms with E-state index < -0.39 is 0 Å². The number of rotatable bonds is 2. The molecule has 0 unspecified atom stereocenters. The van der Waals surface area contributed by atoms with E-state index in [4.69, 9.17) is 4.74 Å². The molecule has 0 aliphatic heterocycles. The van der Waals surface area contributed by atoms with Gasteiger partial charge in [0.05, 0.1) is 0 Å². The molecule has 2 aromatic rings. The molecular formula is C18H22O. The van der Waals surface area contributed by atoms with Crippen LogP contribution >= 0.6 is 0 Å². The van der Waals surface area contributed by atoms with Gasteiger partial charge < -0.3 is 4.74 Å². The highest BCUT2D eigenvalue weighted by molar-refractivity contribution is 5.47. The first kappa shape index (κ1) is 13.7. The van der Waals surface area contributed by atoms with Crippen molar-refractivity contribution in [1.82, 2.24) is 0 Å². The van der Waals surface area contributed by atoms with Crippen LogP contribution in [0.25, 0.3) is 0 Å². The van der Waals surface area contributed by atoms with Crippen LogP contribution in [0.15, 0.2) is 42.5 Å². The van der Waals surface area contributed by atoms with Crippen LogP contribution in [0.4, 0.5) is 0 Å². The zero-order valence-corrected chi connectivity index (χ0v) is 12.4. The largest absolute Gasteiger partial charge is 0.457 e. The van der Waals surface area contributed by atoms with Crippen LogP contribution in [0, 0.1) is 13.8 Å². The molecule has 0 atom stereocenters. The Morgan fingerprint density at radius 1 is 0.842 bits per heavy atom. The molecule has 0 spiro atoms. The monoisotopic (exact) mass is 254 g/mol. The molecule has 0 fully saturated rings. The minimum atomic E-state index is 0.167. The second-order valence-corrected chi connectivity index (χ2v) is 6.10. The zero-order valence-electron chi connectivity index (χ0n) is 12.4. The van der Waals surface area contributed by atoms with Crippen LogP contribution in [0.5, 0.6) is 11.5 Å². The zero-order chi connectivity index (χ0) is 14.0. The Morgan fingerprint density at radius 3 is 1.84 bits per heavy atom. The number of para-hydroxylation sites is 1. The number of ether oxygens (including phenoxy) is 1. The van der Waals surface area contributed by atoms with Gasteiger partial charge in [-0.05, 0) is 48.1 Å². The summed E-state index contributed by atoms with van der Waals surface area (Å²) in [6, 6.07) is 14.4. The van der Waals surface area contributed by atoms with Crippen LogP contribution in [0.2, 0.25) is 0 Å². The highest BCUT2D eigenvalue weighted by Crippen LogP contribution is 2.33. The maximum absolute atomic E-state index is 6.01. The van der Waals surface area contributed by atoms with E-state index in [9.17, 15) is 0 Å². The smallest absolute Gasteiger partial charge is 0.133 e. The summed E-state index contributed by atoms with van der Waals surface area (Å²) in [7, 11) is 0. The van der Waals surface area contributed by atoms with E-state index in [-0.39, 0.29) is 5.41 Å². The van der Waals surface area contributed by atoms with Crippen LogP contribution in [-0.2, 0) is 5.41 Å². The van der Waals surface area contributed by atoms with Gasteiger partial charge >= 0.3 is 0 Å². The van der Waals surface area contributed by atoms with E-state index in [0.29, 0.717) is 0 Å². The summed E-state index contributed by atoms with van der Waals surface area (Å²) in [5.41, 5.74) is 3.89. The fraction of sp³-hybridized carbons (Fsp3) is 0.333. The van der Waals surface area contributed by atoms with E-state index in [1.807, 2.05) is 30.3 Å². The molecule has 0 aliphatic carbocycles. The lowest BCUT2D eigenvalue weighted by Gasteiger charge is -2.22. The third kappa shape index (κ3) is 3.17. The van der Waals surface area contributed by atoms with Crippen molar-refractivity contribution in [3.05, 3.63) is 59.2 Å². The van der Waals surface area contributed by atoms with E-state index >= 15 is 0 Å². The van der Waals surface area contributed by atoms with Gasteiger partial charge in [0.15, 0.2) is 0 Å². The summed E-state index contributed by atoms with van der Waals surface area (Å²) < 4.78 is 6.01. The topological polar surface area (TPSA) is 9.23 Å². The highest BCUT2D eigenvalue weighted by Gasteiger charge is 2.17. The minimum absolute atomic E-state index is 0.167. The predicted octanol–water partition coefficient (Wildman–Crippen LogP) is 5.39. The van der Waals surface area contributed by atoms with Crippen LogP contribution < -0.4 is 4.74 Å². The average molecular weight is 254 g/mol. The van der Waals surface area contributed by atoms with Crippen molar-refractivity contribution in [3.8, 4) is 11.5 Å². The van der Waals surface area contributed by atoms with E-state index in [2.05, 4.69) is 46.8 Å². The molecule has 2 aromatic carbocycles.